The molecule has 0 aliphatic heterocycles. The van der Waals surface area contributed by atoms with Crippen LogP contribution in [0, 0.1) is 11.8 Å². The van der Waals surface area contributed by atoms with Gasteiger partial charge in [0.2, 0.25) is 0 Å². The molecule has 3 unspecified atom stereocenters. The number of aliphatic hydroxyl groups is 1. The van der Waals surface area contributed by atoms with Crippen LogP contribution in [-0.4, -0.2) is 18.3 Å². The maximum absolute atomic E-state index is 9.27. The van der Waals surface area contributed by atoms with Gasteiger partial charge in [-0.25, -0.2) is 0 Å². The molecule has 1 heterocycles. The van der Waals surface area contributed by atoms with Gasteiger partial charge in [0, 0.05) is 6.61 Å². The fourth-order valence-corrected chi connectivity index (χ4v) is 2.93. The summed E-state index contributed by atoms with van der Waals surface area (Å²) in [7, 11) is 0. The SMILES string of the molecule is CC(NCC1CCCC1CO)c1ccc(Br)o1. The van der Waals surface area contributed by atoms with Crippen LogP contribution in [0.1, 0.15) is 38.0 Å². The van der Waals surface area contributed by atoms with Gasteiger partial charge in [-0.1, -0.05) is 6.42 Å². The lowest BCUT2D eigenvalue weighted by atomic mass is 9.96. The number of aliphatic hydroxyl groups excluding tert-OH is 1. The Morgan fingerprint density at radius 1 is 1.47 bits per heavy atom. The van der Waals surface area contributed by atoms with Gasteiger partial charge in [-0.05, 0) is 66.2 Å². The first kappa shape index (κ1) is 13.1. The molecule has 1 aromatic heterocycles. The second-order valence-electron chi connectivity index (χ2n) is 4.91. The summed E-state index contributed by atoms with van der Waals surface area (Å²) in [4.78, 5) is 0. The summed E-state index contributed by atoms with van der Waals surface area (Å²) in [5.74, 6) is 2.05. The summed E-state index contributed by atoms with van der Waals surface area (Å²) in [6.07, 6.45) is 3.65. The quantitative estimate of drug-likeness (QED) is 0.878. The van der Waals surface area contributed by atoms with Gasteiger partial charge in [0.25, 0.3) is 0 Å². The summed E-state index contributed by atoms with van der Waals surface area (Å²) in [5.41, 5.74) is 0. The molecular formula is C13H20BrNO2. The van der Waals surface area contributed by atoms with Crippen LogP contribution in [0.2, 0.25) is 0 Å². The Labute approximate surface area is 111 Å². The van der Waals surface area contributed by atoms with Crippen LogP contribution < -0.4 is 5.32 Å². The summed E-state index contributed by atoms with van der Waals surface area (Å²) >= 11 is 3.31. The highest BCUT2D eigenvalue weighted by Gasteiger charge is 2.26. The van der Waals surface area contributed by atoms with Crippen molar-refractivity contribution in [3.05, 3.63) is 22.6 Å². The van der Waals surface area contributed by atoms with Gasteiger partial charge in [0.1, 0.15) is 5.76 Å². The van der Waals surface area contributed by atoms with E-state index in [9.17, 15) is 5.11 Å². The van der Waals surface area contributed by atoms with Gasteiger partial charge >= 0.3 is 0 Å². The number of furan rings is 1. The van der Waals surface area contributed by atoms with E-state index < -0.39 is 0 Å². The first-order valence-electron chi connectivity index (χ1n) is 6.30. The molecular weight excluding hydrogens is 282 g/mol. The third-order valence-corrected chi connectivity index (χ3v) is 4.18. The Kier molecular flexibility index (Phi) is 4.65. The molecule has 1 fully saturated rings. The monoisotopic (exact) mass is 301 g/mol. The van der Waals surface area contributed by atoms with Crippen molar-refractivity contribution in [2.24, 2.45) is 11.8 Å². The Bertz CT molecular complexity index is 353. The minimum absolute atomic E-state index is 0.223. The van der Waals surface area contributed by atoms with E-state index >= 15 is 0 Å². The molecule has 2 rings (SSSR count). The van der Waals surface area contributed by atoms with E-state index in [1.807, 2.05) is 12.1 Å². The van der Waals surface area contributed by atoms with Crippen molar-refractivity contribution >= 4 is 15.9 Å². The fourth-order valence-electron chi connectivity index (χ4n) is 2.61. The smallest absolute Gasteiger partial charge is 0.169 e. The summed E-state index contributed by atoms with van der Waals surface area (Å²) in [6.45, 7) is 3.39. The largest absolute Gasteiger partial charge is 0.453 e. The van der Waals surface area contributed by atoms with Gasteiger partial charge in [0.05, 0.1) is 6.04 Å². The minimum Gasteiger partial charge on any atom is -0.453 e. The molecule has 2 N–H and O–H groups in total. The number of nitrogens with one attached hydrogen (secondary N) is 1. The van der Waals surface area contributed by atoms with Gasteiger partial charge in [-0.15, -0.1) is 0 Å². The Balaban J connectivity index is 1.81. The van der Waals surface area contributed by atoms with E-state index in [1.54, 1.807) is 0 Å². The van der Waals surface area contributed by atoms with Crippen LogP contribution >= 0.6 is 15.9 Å². The Morgan fingerprint density at radius 3 is 2.88 bits per heavy atom. The van der Waals surface area contributed by atoms with E-state index in [-0.39, 0.29) is 6.04 Å². The molecule has 0 saturated heterocycles. The lowest BCUT2D eigenvalue weighted by Crippen LogP contribution is -2.28. The lowest BCUT2D eigenvalue weighted by molar-refractivity contribution is 0.190. The standard InChI is InChI=1S/C13H20BrNO2/c1-9(12-5-6-13(14)17-12)15-7-10-3-2-4-11(10)8-16/h5-6,9-11,15-16H,2-4,7-8H2,1H3. The molecule has 96 valence electrons. The molecule has 3 atom stereocenters. The zero-order valence-electron chi connectivity index (χ0n) is 10.2. The van der Waals surface area contributed by atoms with Crippen LogP contribution in [0.25, 0.3) is 0 Å². The van der Waals surface area contributed by atoms with E-state index in [0.29, 0.717) is 18.4 Å². The molecule has 1 aliphatic carbocycles. The number of rotatable bonds is 5. The van der Waals surface area contributed by atoms with Crippen molar-refractivity contribution < 1.29 is 9.52 Å². The third-order valence-electron chi connectivity index (χ3n) is 3.76. The molecule has 1 saturated carbocycles. The first-order valence-corrected chi connectivity index (χ1v) is 7.09. The normalized spacial score (nSPS) is 26.3. The fraction of sp³-hybridized carbons (Fsp3) is 0.692. The summed E-state index contributed by atoms with van der Waals surface area (Å²) in [5, 5.41) is 12.8. The van der Waals surface area contributed by atoms with Crippen molar-refractivity contribution in [2.45, 2.75) is 32.2 Å². The van der Waals surface area contributed by atoms with Crippen LogP contribution in [0.15, 0.2) is 21.2 Å². The van der Waals surface area contributed by atoms with Crippen molar-refractivity contribution in [1.82, 2.24) is 5.32 Å². The second kappa shape index (κ2) is 6.03. The molecule has 1 aromatic rings. The van der Waals surface area contributed by atoms with Crippen LogP contribution in [0.5, 0.6) is 0 Å². The van der Waals surface area contributed by atoms with E-state index in [2.05, 4.69) is 28.2 Å². The maximum Gasteiger partial charge on any atom is 0.169 e. The van der Waals surface area contributed by atoms with Crippen LogP contribution in [0.3, 0.4) is 0 Å². The first-order chi connectivity index (χ1) is 8.20. The van der Waals surface area contributed by atoms with Gasteiger partial charge < -0.3 is 14.8 Å². The van der Waals surface area contributed by atoms with Crippen LogP contribution in [0.4, 0.5) is 0 Å². The highest BCUT2D eigenvalue weighted by molar-refractivity contribution is 9.10. The van der Waals surface area contributed by atoms with Crippen LogP contribution in [-0.2, 0) is 0 Å². The average Bonchev–Trinajstić information content (AvgIpc) is 2.94. The van der Waals surface area contributed by atoms with Gasteiger partial charge in [-0.3, -0.25) is 0 Å². The number of hydrogen-bond acceptors (Lipinski definition) is 3. The van der Waals surface area contributed by atoms with Crippen molar-refractivity contribution in [2.75, 3.05) is 13.2 Å². The van der Waals surface area contributed by atoms with Crippen molar-refractivity contribution in [3.63, 3.8) is 0 Å². The predicted molar refractivity (Wildman–Crippen MR) is 70.7 cm³/mol. The van der Waals surface area contributed by atoms with E-state index in [1.165, 1.54) is 19.3 Å². The Morgan fingerprint density at radius 2 is 2.24 bits per heavy atom. The summed E-state index contributed by atoms with van der Waals surface area (Å²) in [6, 6.07) is 4.13. The predicted octanol–water partition coefficient (Wildman–Crippen LogP) is 3.10. The molecule has 0 amide bonds. The average molecular weight is 302 g/mol. The molecule has 1 aliphatic rings. The molecule has 3 nitrogen and oxygen atoms in total. The Hall–Kier alpha value is -0.320. The van der Waals surface area contributed by atoms with E-state index in [0.717, 1.165) is 17.0 Å². The minimum atomic E-state index is 0.223. The molecule has 0 radical (unpaired) electrons. The molecule has 0 spiro atoms. The number of hydrogen-bond donors (Lipinski definition) is 2. The zero-order chi connectivity index (χ0) is 12.3. The highest BCUT2D eigenvalue weighted by atomic mass is 79.9. The molecule has 0 bridgehead atoms. The van der Waals surface area contributed by atoms with Gasteiger partial charge in [0.15, 0.2) is 4.67 Å². The lowest BCUT2D eigenvalue weighted by Gasteiger charge is -2.20. The van der Waals surface area contributed by atoms with Crippen molar-refractivity contribution in [1.29, 1.82) is 0 Å². The zero-order valence-corrected chi connectivity index (χ0v) is 11.7. The molecule has 0 aromatic carbocycles. The highest BCUT2D eigenvalue weighted by Crippen LogP contribution is 2.31. The topological polar surface area (TPSA) is 45.4 Å². The van der Waals surface area contributed by atoms with Gasteiger partial charge in [-0.2, -0.15) is 0 Å². The van der Waals surface area contributed by atoms with Crippen molar-refractivity contribution in [3.8, 4) is 0 Å². The summed E-state index contributed by atoms with van der Waals surface area (Å²) < 4.78 is 6.29. The van der Waals surface area contributed by atoms with E-state index in [4.69, 9.17) is 4.42 Å². The second-order valence-corrected chi connectivity index (χ2v) is 5.69. The number of halogens is 1. The molecule has 17 heavy (non-hydrogen) atoms. The maximum atomic E-state index is 9.27. The molecule has 4 heteroatoms. The third kappa shape index (κ3) is 3.33.